The second-order valence-corrected chi connectivity index (χ2v) is 4.01. The molecule has 1 aliphatic rings. The van der Waals surface area contributed by atoms with Crippen molar-refractivity contribution in [1.82, 2.24) is 0 Å². The van der Waals surface area contributed by atoms with Crippen LogP contribution >= 0.6 is 0 Å². The van der Waals surface area contributed by atoms with Gasteiger partial charge in [-0.05, 0) is 36.8 Å². The molecule has 0 saturated heterocycles. The van der Waals surface area contributed by atoms with Crippen molar-refractivity contribution in [2.75, 3.05) is 0 Å². The molecular weight excluding hydrogens is 184 g/mol. The molecule has 0 heterocycles. The molecule has 76 valence electrons. The lowest BCUT2D eigenvalue weighted by atomic mass is 9.77. The van der Waals surface area contributed by atoms with E-state index in [0.29, 0.717) is 17.9 Å². The predicted molar refractivity (Wildman–Crippen MR) is 50.8 cm³/mol. The summed E-state index contributed by atoms with van der Waals surface area (Å²) in [6, 6.07) is 4.59. The molecule has 0 aliphatic heterocycles. The minimum absolute atomic E-state index is 0.261. The number of rotatable bonds is 2. The standard InChI is InChI=1S/C11H13F2N/c12-10-3-1-2-8(11(10)13)4-7-5-9(14)6-7/h1-3,7,9H,4-6,14H2. The van der Waals surface area contributed by atoms with E-state index in [9.17, 15) is 8.78 Å². The quantitative estimate of drug-likeness (QED) is 0.773. The van der Waals surface area contributed by atoms with Crippen LogP contribution < -0.4 is 5.73 Å². The van der Waals surface area contributed by atoms with E-state index in [4.69, 9.17) is 5.73 Å². The van der Waals surface area contributed by atoms with E-state index in [0.717, 1.165) is 18.9 Å². The molecule has 3 heteroatoms. The van der Waals surface area contributed by atoms with Crippen LogP contribution in [0.3, 0.4) is 0 Å². The lowest BCUT2D eigenvalue weighted by Gasteiger charge is -2.32. The molecule has 0 aromatic heterocycles. The minimum atomic E-state index is -0.758. The van der Waals surface area contributed by atoms with E-state index in [2.05, 4.69) is 0 Å². The van der Waals surface area contributed by atoms with Crippen LogP contribution in [0.4, 0.5) is 8.78 Å². The maximum absolute atomic E-state index is 13.2. The number of nitrogens with two attached hydrogens (primary N) is 1. The molecule has 1 nitrogen and oxygen atoms in total. The molecule has 1 fully saturated rings. The summed E-state index contributed by atoms with van der Waals surface area (Å²) in [6.07, 6.45) is 2.46. The van der Waals surface area contributed by atoms with Crippen LogP contribution in [0.5, 0.6) is 0 Å². The SMILES string of the molecule is NC1CC(Cc2cccc(F)c2F)C1. The van der Waals surface area contributed by atoms with Crippen LogP contribution in [-0.2, 0) is 6.42 Å². The molecular formula is C11H13F2N. The Morgan fingerprint density at radius 2 is 2.00 bits per heavy atom. The second kappa shape index (κ2) is 3.65. The summed E-state index contributed by atoms with van der Waals surface area (Å²) in [7, 11) is 0. The maximum Gasteiger partial charge on any atom is 0.162 e. The molecule has 0 unspecified atom stereocenters. The summed E-state index contributed by atoms with van der Waals surface area (Å²) in [6.45, 7) is 0. The van der Waals surface area contributed by atoms with Gasteiger partial charge < -0.3 is 5.73 Å². The maximum atomic E-state index is 13.2. The van der Waals surface area contributed by atoms with Gasteiger partial charge in [-0.2, -0.15) is 0 Å². The lowest BCUT2D eigenvalue weighted by molar-refractivity contribution is 0.261. The zero-order valence-corrected chi connectivity index (χ0v) is 7.84. The Morgan fingerprint density at radius 3 is 2.64 bits per heavy atom. The van der Waals surface area contributed by atoms with Crippen molar-refractivity contribution in [3.05, 3.63) is 35.4 Å². The first-order chi connectivity index (χ1) is 6.66. The number of halogens is 2. The van der Waals surface area contributed by atoms with Gasteiger partial charge in [-0.3, -0.25) is 0 Å². The Bertz CT molecular complexity index is 332. The van der Waals surface area contributed by atoms with Gasteiger partial charge in [0.05, 0.1) is 0 Å². The van der Waals surface area contributed by atoms with Crippen LogP contribution in [0.15, 0.2) is 18.2 Å². The van der Waals surface area contributed by atoms with Crippen LogP contribution in [0.2, 0.25) is 0 Å². The van der Waals surface area contributed by atoms with Crippen LogP contribution in [0, 0.1) is 17.6 Å². The molecule has 0 spiro atoms. The van der Waals surface area contributed by atoms with Crippen molar-refractivity contribution < 1.29 is 8.78 Å². The van der Waals surface area contributed by atoms with Gasteiger partial charge >= 0.3 is 0 Å². The van der Waals surface area contributed by atoms with Crippen LogP contribution in [0.1, 0.15) is 18.4 Å². The Morgan fingerprint density at radius 1 is 1.29 bits per heavy atom. The van der Waals surface area contributed by atoms with Crippen molar-refractivity contribution in [1.29, 1.82) is 0 Å². The summed E-state index contributed by atoms with van der Waals surface area (Å²) in [5.74, 6) is -1.03. The first-order valence-electron chi connectivity index (χ1n) is 4.85. The summed E-state index contributed by atoms with van der Waals surface area (Å²) in [4.78, 5) is 0. The first-order valence-corrected chi connectivity index (χ1v) is 4.85. The summed E-state index contributed by atoms with van der Waals surface area (Å²) < 4.78 is 26.0. The van der Waals surface area contributed by atoms with Crippen LogP contribution in [-0.4, -0.2) is 6.04 Å². The molecule has 0 radical (unpaired) electrons. The van der Waals surface area contributed by atoms with Gasteiger partial charge in [-0.25, -0.2) is 8.78 Å². The highest BCUT2D eigenvalue weighted by molar-refractivity contribution is 5.20. The largest absolute Gasteiger partial charge is 0.328 e. The summed E-state index contributed by atoms with van der Waals surface area (Å²) in [5.41, 5.74) is 6.10. The third-order valence-electron chi connectivity index (χ3n) is 2.81. The number of hydrogen-bond donors (Lipinski definition) is 1. The number of benzene rings is 1. The van der Waals surface area contributed by atoms with Gasteiger partial charge in [0.15, 0.2) is 11.6 Å². The molecule has 14 heavy (non-hydrogen) atoms. The van der Waals surface area contributed by atoms with Gasteiger partial charge in [0.2, 0.25) is 0 Å². The van der Waals surface area contributed by atoms with Gasteiger partial charge in [-0.15, -0.1) is 0 Å². The number of hydrogen-bond acceptors (Lipinski definition) is 1. The van der Waals surface area contributed by atoms with E-state index in [-0.39, 0.29) is 6.04 Å². The van der Waals surface area contributed by atoms with Crippen molar-refractivity contribution in [3.63, 3.8) is 0 Å². The third kappa shape index (κ3) is 1.77. The minimum Gasteiger partial charge on any atom is -0.328 e. The van der Waals surface area contributed by atoms with E-state index < -0.39 is 11.6 Å². The molecule has 1 aromatic rings. The average Bonchev–Trinajstić information content (AvgIpc) is 2.10. The highest BCUT2D eigenvalue weighted by Gasteiger charge is 2.26. The zero-order chi connectivity index (χ0) is 10.1. The molecule has 2 N–H and O–H groups in total. The fourth-order valence-electron chi connectivity index (χ4n) is 1.97. The molecule has 2 rings (SSSR count). The molecule has 0 amide bonds. The molecule has 1 aromatic carbocycles. The summed E-state index contributed by atoms with van der Waals surface area (Å²) in [5, 5.41) is 0. The topological polar surface area (TPSA) is 26.0 Å². The van der Waals surface area contributed by atoms with E-state index >= 15 is 0 Å². The van der Waals surface area contributed by atoms with Crippen molar-refractivity contribution >= 4 is 0 Å². The highest BCUT2D eigenvalue weighted by Crippen LogP contribution is 2.30. The zero-order valence-electron chi connectivity index (χ0n) is 7.84. The van der Waals surface area contributed by atoms with E-state index in [1.54, 1.807) is 12.1 Å². The van der Waals surface area contributed by atoms with Crippen molar-refractivity contribution in [2.45, 2.75) is 25.3 Å². The van der Waals surface area contributed by atoms with E-state index in [1.807, 2.05) is 0 Å². The fourth-order valence-corrected chi connectivity index (χ4v) is 1.97. The average molecular weight is 197 g/mol. The van der Waals surface area contributed by atoms with Gasteiger partial charge in [0.25, 0.3) is 0 Å². The van der Waals surface area contributed by atoms with E-state index in [1.165, 1.54) is 0 Å². The third-order valence-corrected chi connectivity index (χ3v) is 2.81. The van der Waals surface area contributed by atoms with Crippen molar-refractivity contribution in [3.8, 4) is 0 Å². The summed E-state index contributed by atoms with van der Waals surface area (Å²) >= 11 is 0. The fraction of sp³-hybridized carbons (Fsp3) is 0.455. The Hall–Kier alpha value is -0.960. The normalized spacial score (nSPS) is 25.9. The van der Waals surface area contributed by atoms with Crippen molar-refractivity contribution in [2.24, 2.45) is 11.7 Å². The second-order valence-electron chi connectivity index (χ2n) is 4.01. The first kappa shape index (κ1) is 9.59. The Balaban J connectivity index is 2.06. The molecule has 0 atom stereocenters. The molecule has 1 aliphatic carbocycles. The molecule has 1 saturated carbocycles. The monoisotopic (exact) mass is 197 g/mol. The Kier molecular flexibility index (Phi) is 2.50. The smallest absolute Gasteiger partial charge is 0.162 e. The van der Waals surface area contributed by atoms with Crippen LogP contribution in [0.25, 0.3) is 0 Å². The highest BCUT2D eigenvalue weighted by atomic mass is 19.2. The molecule has 0 bridgehead atoms. The lowest BCUT2D eigenvalue weighted by Crippen LogP contribution is -2.37. The van der Waals surface area contributed by atoms with Gasteiger partial charge in [0, 0.05) is 6.04 Å². The Labute approximate surface area is 81.9 Å². The van der Waals surface area contributed by atoms with Gasteiger partial charge in [-0.1, -0.05) is 12.1 Å². The predicted octanol–water partition coefficient (Wildman–Crippen LogP) is 2.24. The van der Waals surface area contributed by atoms with Gasteiger partial charge in [0.1, 0.15) is 0 Å².